The smallest absolute Gasteiger partial charge is 0.339 e. The monoisotopic (exact) mass is 240 g/mol. The van der Waals surface area contributed by atoms with Crippen molar-refractivity contribution in [1.29, 1.82) is 0 Å². The van der Waals surface area contributed by atoms with Crippen LogP contribution in [0.4, 0.5) is 0 Å². The van der Waals surface area contributed by atoms with Gasteiger partial charge in [0.2, 0.25) is 0 Å². The van der Waals surface area contributed by atoms with E-state index in [1.807, 2.05) is 0 Å². The van der Waals surface area contributed by atoms with Gasteiger partial charge < -0.3 is 20.1 Å². The highest BCUT2D eigenvalue weighted by Gasteiger charge is 2.20. The van der Waals surface area contributed by atoms with Gasteiger partial charge in [-0.25, -0.2) is 9.59 Å². The van der Waals surface area contributed by atoms with Crippen LogP contribution in [0, 0.1) is 0 Å². The summed E-state index contributed by atoms with van der Waals surface area (Å²) < 4.78 is 4.55. The van der Waals surface area contributed by atoms with Crippen LogP contribution in [0.15, 0.2) is 12.1 Å². The van der Waals surface area contributed by atoms with E-state index < -0.39 is 40.5 Å². The maximum atomic E-state index is 10.8. The Balaban J connectivity index is 3.40. The van der Waals surface area contributed by atoms with Gasteiger partial charge >= 0.3 is 17.9 Å². The van der Waals surface area contributed by atoms with Crippen molar-refractivity contribution in [2.24, 2.45) is 0 Å². The molecule has 0 fully saturated rings. The summed E-state index contributed by atoms with van der Waals surface area (Å²) >= 11 is 0. The molecule has 7 heteroatoms. The van der Waals surface area contributed by atoms with Gasteiger partial charge in [-0.15, -0.1) is 0 Å². The molecule has 0 heterocycles. The highest BCUT2D eigenvalue weighted by Crippen LogP contribution is 2.28. The highest BCUT2D eigenvalue weighted by molar-refractivity contribution is 5.98. The van der Waals surface area contributed by atoms with E-state index in [4.69, 9.17) is 10.2 Å². The molecule has 0 aliphatic carbocycles. The van der Waals surface area contributed by atoms with Crippen LogP contribution in [-0.4, -0.2) is 33.2 Å². The second kappa shape index (κ2) is 4.52. The molecule has 0 radical (unpaired) electrons. The summed E-state index contributed by atoms with van der Waals surface area (Å²) in [6, 6.07) is 1.49. The zero-order valence-electron chi connectivity index (χ0n) is 8.63. The third-order valence-electron chi connectivity index (χ3n) is 1.81. The van der Waals surface area contributed by atoms with E-state index in [2.05, 4.69) is 4.74 Å². The molecule has 0 spiro atoms. The number of aromatic carboxylic acids is 2. The van der Waals surface area contributed by atoms with Crippen molar-refractivity contribution in [2.45, 2.75) is 6.92 Å². The van der Waals surface area contributed by atoms with E-state index >= 15 is 0 Å². The van der Waals surface area contributed by atoms with Crippen LogP contribution < -0.4 is 4.74 Å². The fraction of sp³-hybridized carbons (Fsp3) is 0.100. The van der Waals surface area contributed by atoms with Crippen LogP contribution in [0.25, 0.3) is 0 Å². The van der Waals surface area contributed by atoms with Crippen molar-refractivity contribution in [3.8, 4) is 11.5 Å². The number of esters is 1. The van der Waals surface area contributed by atoms with Gasteiger partial charge in [0.05, 0.1) is 0 Å². The first-order valence-corrected chi connectivity index (χ1v) is 4.35. The number of benzene rings is 1. The minimum atomic E-state index is -1.49. The van der Waals surface area contributed by atoms with Crippen LogP contribution in [0.5, 0.6) is 11.5 Å². The lowest BCUT2D eigenvalue weighted by molar-refractivity contribution is -0.131. The van der Waals surface area contributed by atoms with Gasteiger partial charge in [0.15, 0.2) is 0 Å². The molecule has 0 bridgehead atoms. The summed E-state index contributed by atoms with van der Waals surface area (Å²) in [4.78, 5) is 32.2. The predicted molar refractivity (Wildman–Crippen MR) is 53.3 cm³/mol. The second-order valence-corrected chi connectivity index (χ2v) is 3.07. The summed E-state index contributed by atoms with van der Waals surface area (Å²) in [6.45, 7) is 1.05. The van der Waals surface area contributed by atoms with Crippen LogP contribution in [0.3, 0.4) is 0 Å². The third kappa shape index (κ3) is 2.71. The van der Waals surface area contributed by atoms with Gasteiger partial charge in [-0.1, -0.05) is 0 Å². The highest BCUT2D eigenvalue weighted by atomic mass is 16.5. The average Bonchev–Trinajstić information content (AvgIpc) is 2.15. The van der Waals surface area contributed by atoms with Gasteiger partial charge in [-0.3, -0.25) is 4.79 Å². The third-order valence-corrected chi connectivity index (χ3v) is 1.81. The largest absolute Gasteiger partial charge is 0.507 e. The Bertz CT molecular complexity index is 504. The van der Waals surface area contributed by atoms with E-state index in [1.165, 1.54) is 0 Å². The van der Waals surface area contributed by atoms with Crippen molar-refractivity contribution in [3.63, 3.8) is 0 Å². The van der Waals surface area contributed by atoms with Crippen molar-refractivity contribution in [1.82, 2.24) is 0 Å². The first kappa shape index (κ1) is 12.5. The lowest BCUT2D eigenvalue weighted by Crippen LogP contribution is -2.09. The molecular formula is C10H8O7. The van der Waals surface area contributed by atoms with Crippen LogP contribution in [0.2, 0.25) is 0 Å². The molecule has 0 aromatic heterocycles. The van der Waals surface area contributed by atoms with Crippen molar-refractivity contribution >= 4 is 17.9 Å². The van der Waals surface area contributed by atoms with E-state index in [9.17, 15) is 19.5 Å². The van der Waals surface area contributed by atoms with Crippen molar-refractivity contribution < 1.29 is 34.4 Å². The Labute approximate surface area is 94.9 Å². The van der Waals surface area contributed by atoms with Crippen molar-refractivity contribution in [2.75, 3.05) is 0 Å². The number of carbonyl (C=O) groups is 3. The van der Waals surface area contributed by atoms with Crippen LogP contribution in [0.1, 0.15) is 27.6 Å². The summed E-state index contributed by atoms with van der Waals surface area (Å²) in [5.74, 6) is -4.83. The Kier molecular flexibility index (Phi) is 3.32. The van der Waals surface area contributed by atoms with Gasteiger partial charge in [0, 0.05) is 13.0 Å². The first-order valence-electron chi connectivity index (χ1n) is 4.35. The molecular weight excluding hydrogens is 232 g/mol. The molecule has 0 saturated heterocycles. The molecule has 0 saturated carbocycles. The molecule has 90 valence electrons. The number of carboxylic acids is 2. The number of carbonyl (C=O) groups excluding carboxylic acids is 1. The zero-order chi connectivity index (χ0) is 13.2. The number of hydrogen-bond acceptors (Lipinski definition) is 5. The van der Waals surface area contributed by atoms with Gasteiger partial charge in [0.25, 0.3) is 0 Å². The van der Waals surface area contributed by atoms with Crippen molar-refractivity contribution in [3.05, 3.63) is 23.3 Å². The topological polar surface area (TPSA) is 121 Å². The quantitative estimate of drug-likeness (QED) is 0.525. The fourth-order valence-corrected chi connectivity index (χ4v) is 1.15. The molecule has 0 aliphatic heterocycles. The molecule has 0 amide bonds. The maximum Gasteiger partial charge on any atom is 0.339 e. The van der Waals surface area contributed by atoms with Gasteiger partial charge in [0.1, 0.15) is 22.6 Å². The number of ether oxygens (including phenoxy) is 1. The lowest BCUT2D eigenvalue weighted by atomic mass is 10.1. The Hall–Kier alpha value is -2.57. The van der Waals surface area contributed by atoms with Gasteiger partial charge in [-0.2, -0.15) is 0 Å². The SMILES string of the molecule is CC(=O)Oc1cc(O)c(C(=O)O)cc1C(=O)O. The molecule has 3 N–H and O–H groups in total. The summed E-state index contributed by atoms with van der Waals surface area (Å²) in [5, 5.41) is 26.8. The summed E-state index contributed by atoms with van der Waals surface area (Å²) in [7, 11) is 0. The number of rotatable bonds is 3. The van der Waals surface area contributed by atoms with E-state index in [-0.39, 0.29) is 0 Å². The molecule has 0 atom stereocenters. The Morgan fingerprint density at radius 3 is 2.00 bits per heavy atom. The molecule has 0 aliphatic rings. The standard InChI is InChI=1S/C10H8O7/c1-4(11)17-8-3-7(12)5(9(13)14)2-6(8)10(15)16/h2-3,12H,1H3,(H,13,14)(H,15,16). The molecule has 1 aromatic carbocycles. The molecule has 7 nitrogen and oxygen atoms in total. The first-order chi connectivity index (χ1) is 7.82. The molecule has 1 aromatic rings. The fourth-order valence-electron chi connectivity index (χ4n) is 1.15. The van der Waals surface area contributed by atoms with Crippen LogP contribution >= 0.6 is 0 Å². The van der Waals surface area contributed by atoms with Crippen LogP contribution in [-0.2, 0) is 4.79 Å². The number of phenols is 1. The normalized spacial score (nSPS) is 9.71. The number of hydrogen-bond donors (Lipinski definition) is 3. The average molecular weight is 240 g/mol. The molecule has 0 unspecified atom stereocenters. The van der Waals surface area contributed by atoms with Gasteiger partial charge in [-0.05, 0) is 6.07 Å². The predicted octanol–water partition coefficient (Wildman–Crippen LogP) is 0.714. The molecule has 17 heavy (non-hydrogen) atoms. The maximum absolute atomic E-state index is 10.8. The number of carboxylic acid groups (broad SMARTS) is 2. The number of aromatic hydroxyl groups is 1. The minimum absolute atomic E-state index is 0.410. The van der Waals surface area contributed by atoms with E-state index in [0.717, 1.165) is 19.1 Å². The zero-order valence-corrected chi connectivity index (χ0v) is 8.63. The molecule has 1 rings (SSSR count). The Morgan fingerprint density at radius 1 is 1.06 bits per heavy atom. The van der Waals surface area contributed by atoms with E-state index in [0.29, 0.717) is 0 Å². The lowest BCUT2D eigenvalue weighted by Gasteiger charge is -2.08. The minimum Gasteiger partial charge on any atom is -0.507 e. The summed E-state index contributed by atoms with van der Waals surface area (Å²) in [5.41, 5.74) is -1.10. The second-order valence-electron chi connectivity index (χ2n) is 3.07. The summed E-state index contributed by atoms with van der Waals surface area (Å²) in [6.07, 6.45) is 0. The Morgan fingerprint density at radius 2 is 1.59 bits per heavy atom. The van der Waals surface area contributed by atoms with E-state index in [1.54, 1.807) is 0 Å².